The summed E-state index contributed by atoms with van der Waals surface area (Å²) in [6.45, 7) is 8.73. The second-order valence-corrected chi connectivity index (χ2v) is 17.3. The maximum atomic E-state index is 14.3. The molecule has 0 spiro atoms. The monoisotopic (exact) mass is 767 g/mol. The Kier molecular flexibility index (Phi) is 12.6. The minimum Gasteiger partial charge on any atom is -0.496 e. The smallest absolute Gasteiger partial charge is 0.251 e. The number of benzene rings is 3. The fourth-order valence-electron chi connectivity index (χ4n) is 9.63. The molecule has 1 heterocycles. The number of aliphatic hydroxyl groups is 1. The fourth-order valence-corrected chi connectivity index (χ4v) is 9.63. The number of hydrogen-bond donors (Lipinski definition) is 3. The summed E-state index contributed by atoms with van der Waals surface area (Å²) in [5, 5.41) is 18.5. The number of rotatable bonds is 15. The first-order chi connectivity index (χ1) is 26.6. The number of fused-ring (bicyclic) bond motifs is 2. The van der Waals surface area contributed by atoms with Crippen molar-refractivity contribution in [1.29, 1.82) is 0 Å². The van der Waals surface area contributed by atoms with Crippen LogP contribution < -0.4 is 20.3 Å². The lowest BCUT2D eigenvalue weighted by Gasteiger charge is -2.62. The van der Waals surface area contributed by atoms with Gasteiger partial charge in [-0.3, -0.25) is 19.2 Å². The van der Waals surface area contributed by atoms with Crippen LogP contribution in [0.3, 0.4) is 0 Å². The molecule has 0 unspecified atom stereocenters. The Morgan fingerprint density at radius 1 is 1.02 bits per heavy atom. The van der Waals surface area contributed by atoms with Gasteiger partial charge in [-0.05, 0) is 92.8 Å². The van der Waals surface area contributed by atoms with Crippen molar-refractivity contribution in [2.75, 3.05) is 53.4 Å². The Morgan fingerprint density at radius 3 is 2.36 bits per heavy atom. The van der Waals surface area contributed by atoms with Gasteiger partial charge >= 0.3 is 0 Å². The molecular formula is C45H61N5O6. The van der Waals surface area contributed by atoms with Crippen LogP contribution >= 0.6 is 0 Å². The van der Waals surface area contributed by atoms with Crippen LogP contribution in [-0.4, -0.2) is 105 Å². The molecule has 56 heavy (non-hydrogen) atoms. The van der Waals surface area contributed by atoms with E-state index in [1.165, 1.54) is 13.3 Å². The van der Waals surface area contributed by atoms with E-state index in [0.717, 1.165) is 34.4 Å². The number of nitrogens with zero attached hydrogens (tertiary/aromatic N) is 3. The van der Waals surface area contributed by atoms with Crippen molar-refractivity contribution in [2.45, 2.75) is 77.7 Å². The number of carbonyl (C=O) groups is 3. The van der Waals surface area contributed by atoms with Crippen LogP contribution in [0.1, 0.15) is 62.0 Å². The van der Waals surface area contributed by atoms with Crippen LogP contribution in [0.15, 0.2) is 66.7 Å². The molecule has 11 nitrogen and oxygen atoms in total. The van der Waals surface area contributed by atoms with E-state index in [9.17, 15) is 19.5 Å². The van der Waals surface area contributed by atoms with Crippen molar-refractivity contribution in [3.8, 4) is 16.9 Å². The average molecular weight is 768 g/mol. The Hall–Kier alpha value is -4.29. The molecule has 2 amide bonds. The first-order valence-corrected chi connectivity index (χ1v) is 20.0. The molecular weight excluding hydrogens is 707 g/mol. The van der Waals surface area contributed by atoms with E-state index in [-0.39, 0.29) is 41.6 Å². The Labute approximate surface area is 332 Å². The third-order valence-corrected chi connectivity index (χ3v) is 12.8. The number of hydroxylamine groups is 2. The predicted molar refractivity (Wildman–Crippen MR) is 219 cm³/mol. The SMILES string of the molecule is COc1c(CN2O[C@@H](CO)[C@@H](C(C)=O)[C@H]2C(=O)N[C@H]2C[C@H]3C[C@H]([C@@H]2C)C3(C)C)cccc1-c1cc(C(=O)N[C@@H](Cc2ccccc2)CN(C)C)cc(N(C)C)c1. The molecule has 7 rings (SSSR count). The number of Topliss-reactive ketones (excluding diaryl/α,β-unsaturated/α-hetero) is 1. The van der Waals surface area contributed by atoms with Crippen molar-refractivity contribution >= 4 is 23.3 Å². The van der Waals surface area contributed by atoms with Gasteiger partial charge in [-0.1, -0.05) is 69.3 Å². The first kappa shape index (κ1) is 41.3. The fraction of sp³-hybridized carbons (Fsp3) is 0.533. The molecule has 8 atom stereocenters. The zero-order chi connectivity index (χ0) is 40.5. The number of hydrogen-bond acceptors (Lipinski definition) is 9. The summed E-state index contributed by atoms with van der Waals surface area (Å²) in [6, 6.07) is 20.7. The van der Waals surface area contributed by atoms with Gasteiger partial charge in [0.25, 0.3) is 5.91 Å². The highest BCUT2D eigenvalue weighted by Crippen LogP contribution is 2.61. The van der Waals surface area contributed by atoms with Crippen LogP contribution in [0, 0.1) is 29.1 Å². The number of amides is 2. The topological polar surface area (TPSA) is 124 Å². The van der Waals surface area contributed by atoms with E-state index < -0.39 is 24.7 Å². The number of nitrogens with one attached hydrogen (secondary N) is 2. The van der Waals surface area contributed by atoms with Gasteiger partial charge in [0.15, 0.2) is 0 Å². The van der Waals surface area contributed by atoms with Gasteiger partial charge in [0.05, 0.1) is 26.2 Å². The van der Waals surface area contributed by atoms with Crippen LogP contribution in [0.2, 0.25) is 0 Å². The number of likely N-dealkylation sites (N-methyl/N-ethyl adjacent to an activating group) is 1. The van der Waals surface area contributed by atoms with Crippen molar-refractivity contribution in [3.63, 3.8) is 0 Å². The number of para-hydroxylation sites is 1. The van der Waals surface area contributed by atoms with Gasteiger partial charge in [0.1, 0.15) is 23.7 Å². The second-order valence-electron chi connectivity index (χ2n) is 17.3. The van der Waals surface area contributed by atoms with Gasteiger partial charge in [0, 0.05) is 55.1 Å². The molecule has 302 valence electrons. The van der Waals surface area contributed by atoms with Gasteiger partial charge in [-0.2, -0.15) is 5.06 Å². The van der Waals surface area contributed by atoms with Crippen LogP contribution in [0.25, 0.3) is 11.1 Å². The van der Waals surface area contributed by atoms with Gasteiger partial charge in [-0.15, -0.1) is 0 Å². The molecule has 1 saturated heterocycles. The van der Waals surface area contributed by atoms with E-state index in [1.807, 2.05) is 87.7 Å². The minimum absolute atomic E-state index is 0.00615. The van der Waals surface area contributed by atoms with Crippen molar-refractivity contribution < 1.29 is 29.1 Å². The summed E-state index contributed by atoms with van der Waals surface area (Å²) in [5.74, 6) is 0.468. The van der Waals surface area contributed by atoms with Crippen LogP contribution in [0.5, 0.6) is 5.75 Å². The van der Waals surface area contributed by atoms with Gasteiger partial charge in [-0.25, -0.2) is 0 Å². The molecule has 11 heteroatoms. The molecule has 3 aromatic rings. The first-order valence-electron chi connectivity index (χ1n) is 20.0. The maximum Gasteiger partial charge on any atom is 0.251 e. The standard InChI is InChI=1S/C45H61N5O6/c1-27-37-22-33(45(37,3)4)23-38(27)47-44(54)41-40(28(2)52)39(26-51)56-50(41)24-30-16-13-17-36(42(30)55-9)31-19-32(21-35(20-31)49(7)8)43(53)46-34(25-48(5)6)18-29-14-11-10-12-15-29/h10-17,19-21,27,33-34,37-41,51H,18,22-26H2,1-9H3,(H,46,53)(H,47,54)/t27-,33+,34-,37+,38-,39-,40+,41-/m0/s1. The number of anilines is 1. The highest BCUT2D eigenvalue weighted by molar-refractivity contribution is 5.97. The van der Waals surface area contributed by atoms with E-state index in [2.05, 4.69) is 48.4 Å². The van der Waals surface area contributed by atoms with E-state index >= 15 is 0 Å². The summed E-state index contributed by atoms with van der Waals surface area (Å²) in [5.41, 5.74) is 5.05. The molecule has 1 aliphatic heterocycles. The molecule has 2 bridgehead atoms. The van der Waals surface area contributed by atoms with Crippen molar-refractivity contribution in [3.05, 3.63) is 83.4 Å². The predicted octanol–water partition coefficient (Wildman–Crippen LogP) is 5.20. The van der Waals surface area contributed by atoms with E-state index in [0.29, 0.717) is 42.0 Å². The summed E-state index contributed by atoms with van der Waals surface area (Å²) < 4.78 is 6.09. The highest BCUT2D eigenvalue weighted by atomic mass is 16.7. The molecule has 3 saturated carbocycles. The van der Waals surface area contributed by atoms with Crippen LogP contribution in [0.4, 0.5) is 5.69 Å². The molecule has 0 aromatic heterocycles. The normalized spacial score (nSPS) is 25.9. The second kappa shape index (κ2) is 17.1. The Balaban J connectivity index is 1.28. The third kappa shape index (κ3) is 8.51. The van der Waals surface area contributed by atoms with E-state index in [4.69, 9.17) is 9.57 Å². The number of carbonyl (C=O) groups excluding carboxylic acids is 3. The lowest BCUT2D eigenvalue weighted by Crippen LogP contribution is -2.62. The highest BCUT2D eigenvalue weighted by Gasteiger charge is 2.57. The lowest BCUT2D eigenvalue weighted by molar-refractivity contribution is -0.183. The lowest BCUT2D eigenvalue weighted by atomic mass is 9.45. The zero-order valence-corrected chi connectivity index (χ0v) is 34.5. The number of ether oxygens (including phenoxy) is 1. The average Bonchev–Trinajstić information content (AvgIpc) is 3.53. The molecule has 3 aromatic carbocycles. The maximum absolute atomic E-state index is 14.3. The van der Waals surface area contributed by atoms with Gasteiger partial charge in [0.2, 0.25) is 5.91 Å². The van der Waals surface area contributed by atoms with Crippen molar-refractivity contribution in [1.82, 2.24) is 20.6 Å². The summed E-state index contributed by atoms with van der Waals surface area (Å²) in [4.78, 5) is 51.7. The number of methoxy groups -OCH3 is 1. The summed E-state index contributed by atoms with van der Waals surface area (Å²) in [7, 11) is 9.48. The quantitative estimate of drug-likeness (QED) is 0.192. The third-order valence-electron chi connectivity index (χ3n) is 12.8. The molecule has 3 N–H and O–H groups in total. The number of aliphatic hydroxyl groups excluding tert-OH is 1. The molecule has 0 radical (unpaired) electrons. The Bertz CT molecular complexity index is 1880. The summed E-state index contributed by atoms with van der Waals surface area (Å²) >= 11 is 0. The van der Waals surface area contributed by atoms with E-state index in [1.54, 1.807) is 12.2 Å². The largest absolute Gasteiger partial charge is 0.496 e. The molecule has 4 fully saturated rings. The molecule has 3 aliphatic carbocycles. The summed E-state index contributed by atoms with van der Waals surface area (Å²) in [6.07, 6.45) is 1.93. The van der Waals surface area contributed by atoms with Gasteiger partial charge < -0.3 is 30.3 Å². The minimum atomic E-state index is -0.935. The van der Waals surface area contributed by atoms with Crippen LogP contribution in [-0.2, 0) is 27.4 Å². The Morgan fingerprint density at radius 2 is 1.75 bits per heavy atom. The van der Waals surface area contributed by atoms with Crippen molar-refractivity contribution in [2.24, 2.45) is 29.1 Å². The molecule has 4 aliphatic rings. The zero-order valence-electron chi connectivity index (χ0n) is 34.5. The number of ketones is 1.